The van der Waals surface area contributed by atoms with Crippen LogP contribution < -0.4 is 5.32 Å². The van der Waals surface area contributed by atoms with Crippen molar-refractivity contribution in [1.29, 1.82) is 0 Å². The first-order valence-corrected chi connectivity index (χ1v) is 6.91. The second-order valence-corrected chi connectivity index (χ2v) is 4.84. The molecule has 2 unspecified atom stereocenters. The lowest BCUT2D eigenvalue weighted by Crippen LogP contribution is -2.37. The normalized spacial score (nSPS) is 13.7. The van der Waals surface area contributed by atoms with Crippen molar-refractivity contribution in [2.45, 2.75) is 38.3 Å². The molecule has 110 valence electrons. The van der Waals surface area contributed by atoms with Crippen LogP contribution in [0.3, 0.4) is 0 Å². The van der Waals surface area contributed by atoms with Gasteiger partial charge in [-0.05, 0) is 17.5 Å². The highest BCUT2D eigenvalue weighted by Gasteiger charge is 2.22. The maximum absolute atomic E-state index is 10.9. The Morgan fingerprint density at radius 1 is 1.40 bits per heavy atom. The van der Waals surface area contributed by atoms with Gasteiger partial charge in [-0.2, -0.15) is 0 Å². The molecule has 0 aliphatic heterocycles. The molecule has 2 atom stereocenters. The Hall–Kier alpha value is -1.65. The smallest absolute Gasteiger partial charge is 0.305 e. The summed E-state index contributed by atoms with van der Waals surface area (Å²) in [6, 6.07) is 7.16. The van der Waals surface area contributed by atoms with Crippen LogP contribution in [0, 0.1) is 0 Å². The number of carboxylic acid groups (broad SMARTS) is 1. The van der Waals surface area contributed by atoms with Crippen LogP contribution in [-0.2, 0) is 11.2 Å². The van der Waals surface area contributed by atoms with Crippen LogP contribution in [0.15, 0.2) is 36.9 Å². The highest BCUT2D eigenvalue weighted by atomic mass is 16.4. The predicted molar refractivity (Wildman–Crippen MR) is 79.6 cm³/mol. The molecule has 4 heteroatoms. The molecular formula is C16H23NO3. The molecule has 0 aliphatic carbocycles. The molecule has 1 aromatic carbocycles. The average Bonchev–Trinajstić information content (AvgIpc) is 2.43. The Kier molecular flexibility index (Phi) is 6.98. The van der Waals surface area contributed by atoms with Crippen molar-refractivity contribution in [1.82, 2.24) is 5.32 Å². The Labute approximate surface area is 120 Å². The minimum Gasteiger partial charge on any atom is -0.481 e. The summed E-state index contributed by atoms with van der Waals surface area (Å²) in [5.74, 6) is -0.937. The van der Waals surface area contributed by atoms with Crippen molar-refractivity contribution in [2.24, 2.45) is 0 Å². The Balaban J connectivity index is 2.78. The van der Waals surface area contributed by atoms with Gasteiger partial charge in [0.2, 0.25) is 0 Å². The molecule has 3 N–H and O–H groups in total. The monoisotopic (exact) mass is 277 g/mol. The van der Waals surface area contributed by atoms with E-state index in [2.05, 4.69) is 18.8 Å². The Morgan fingerprint density at radius 2 is 2.05 bits per heavy atom. The molecule has 4 nitrogen and oxygen atoms in total. The van der Waals surface area contributed by atoms with Crippen molar-refractivity contribution >= 4 is 5.97 Å². The molecule has 0 bridgehead atoms. The van der Waals surface area contributed by atoms with Crippen LogP contribution in [-0.4, -0.2) is 28.8 Å². The summed E-state index contributed by atoms with van der Waals surface area (Å²) < 4.78 is 0. The Bertz CT molecular complexity index is 428. The molecule has 0 radical (unpaired) electrons. The lowest BCUT2D eigenvalue weighted by Gasteiger charge is -2.22. The maximum atomic E-state index is 10.9. The number of carbonyl (C=O) groups is 1. The van der Waals surface area contributed by atoms with Gasteiger partial charge in [0, 0.05) is 12.6 Å². The number of rotatable bonds is 9. The SMILES string of the molecule is C=CCNC(CC(=O)O)C(O)c1ccc(CCC)cc1. The molecular weight excluding hydrogens is 254 g/mol. The van der Waals surface area contributed by atoms with Crippen molar-refractivity contribution in [3.8, 4) is 0 Å². The lowest BCUT2D eigenvalue weighted by atomic mass is 9.98. The van der Waals surface area contributed by atoms with Gasteiger partial charge in [0.25, 0.3) is 0 Å². The quantitative estimate of drug-likeness (QED) is 0.606. The number of nitrogens with one attached hydrogen (secondary N) is 1. The van der Waals surface area contributed by atoms with Crippen LogP contribution in [0.2, 0.25) is 0 Å². The van der Waals surface area contributed by atoms with Gasteiger partial charge in [-0.25, -0.2) is 0 Å². The Morgan fingerprint density at radius 3 is 2.55 bits per heavy atom. The number of hydrogen-bond acceptors (Lipinski definition) is 3. The molecule has 1 rings (SSSR count). The summed E-state index contributed by atoms with van der Waals surface area (Å²) in [6.07, 6.45) is 2.74. The van der Waals surface area contributed by atoms with Gasteiger partial charge >= 0.3 is 5.97 Å². The number of aryl methyl sites for hydroxylation is 1. The molecule has 0 saturated heterocycles. The summed E-state index contributed by atoms with van der Waals surface area (Å²) in [7, 11) is 0. The van der Waals surface area contributed by atoms with Gasteiger partial charge in [0.15, 0.2) is 0 Å². The minimum atomic E-state index is -0.937. The van der Waals surface area contributed by atoms with Crippen LogP contribution in [0.4, 0.5) is 0 Å². The standard InChI is InChI=1S/C16H23NO3/c1-3-5-12-6-8-13(9-7-12)16(20)14(11-15(18)19)17-10-4-2/h4,6-9,14,16-17,20H,2-3,5,10-11H2,1H3,(H,18,19). The minimum absolute atomic E-state index is 0.133. The zero-order chi connectivity index (χ0) is 15.0. The van der Waals surface area contributed by atoms with Gasteiger partial charge in [-0.1, -0.05) is 43.7 Å². The second kappa shape index (κ2) is 8.51. The van der Waals surface area contributed by atoms with Gasteiger partial charge in [-0.3, -0.25) is 4.79 Å². The van der Waals surface area contributed by atoms with Gasteiger partial charge in [0.1, 0.15) is 0 Å². The zero-order valence-electron chi connectivity index (χ0n) is 11.9. The highest BCUT2D eigenvalue weighted by molar-refractivity contribution is 5.67. The summed E-state index contributed by atoms with van der Waals surface area (Å²) in [6.45, 7) is 6.16. The molecule has 0 spiro atoms. The molecule has 0 amide bonds. The van der Waals surface area contributed by atoms with Gasteiger partial charge in [-0.15, -0.1) is 6.58 Å². The number of aliphatic hydroxyl groups excluding tert-OH is 1. The fourth-order valence-corrected chi connectivity index (χ4v) is 2.12. The van der Waals surface area contributed by atoms with E-state index < -0.39 is 18.1 Å². The first-order chi connectivity index (χ1) is 9.58. The third-order valence-corrected chi connectivity index (χ3v) is 3.16. The van der Waals surface area contributed by atoms with E-state index in [1.165, 1.54) is 5.56 Å². The summed E-state index contributed by atoms with van der Waals surface area (Å²) in [5.41, 5.74) is 1.95. The highest BCUT2D eigenvalue weighted by Crippen LogP contribution is 2.20. The van der Waals surface area contributed by atoms with Crippen molar-refractivity contribution in [3.63, 3.8) is 0 Å². The second-order valence-electron chi connectivity index (χ2n) is 4.84. The van der Waals surface area contributed by atoms with Crippen molar-refractivity contribution in [3.05, 3.63) is 48.0 Å². The summed E-state index contributed by atoms with van der Waals surface area (Å²) in [5, 5.41) is 22.2. The summed E-state index contributed by atoms with van der Waals surface area (Å²) in [4.78, 5) is 10.9. The molecule has 0 saturated carbocycles. The van der Waals surface area contributed by atoms with E-state index in [1.54, 1.807) is 6.08 Å². The maximum Gasteiger partial charge on any atom is 0.305 e. The number of benzene rings is 1. The van der Waals surface area contributed by atoms with E-state index in [-0.39, 0.29) is 6.42 Å². The first-order valence-electron chi connectivity index (χ1n) is 6.91. The third-order valence-electron chi connectivity index (χ3n) is 3.16. The number of hydrogen-bond donors (Lipinski definition) is 3. The number of carboxylic acids is 1. The van der Waals surface area contributed by atoms with Crippen LogP contribution in [0.25, 0.3) is 0 Å². The van der Waals surface area contributed by atoms with Crippen LogP contribution >= 0.6 is 0 Å². The first kappa shape index (κ1) is 16.4. The average molecular weight is 277 g/mol. The van der Waals surface area contributed by atoms with Crippen molar-refractivity contribution < 1.29 is 15.0 Å². The fourth-order valence-electron chi connectivity index (χ4n) is 2.12. The molecule has 20 heavy (non-hydrogen) atoms. The zero-order valence-corrected chi connectivity index (χ0v) is 11.9. The van der Waals surface area contributed by atoms with E-state index in [0.29, 0.717) is 6.54 Å². The van der Waals surface area contributed by atoms with Gasteiger partial charge < -0.3 is 15.5 Å². The third kappa shape index (κ3) is 5.15. The van der Waals surface area contributed by atoms with E-state index in [9.17, 15) is 9.90 Å². The fraction of sp³-hybridized carbons (Fsp3) is 0.438. The summed E-state index contributed by atoms with van der Waals surface area (Å²) >= 11 is 0. The van der Waals surface area contributed by atoms with E-state index >= 15 is 0 Å². The van der Waals surface area contributed by atoms with Crippen LogP contribution in [0.1, 0.15) is 37.0 Å². The van der Waals surface area contributed by atoms with E-state index in [1.807, 2.05) is 24.3 Å². The van der Waals surface area contributed by atoms with Crippen LogP contribution in [0.5, 0.6) is 0 Å². The van der Waals surface area contributed by atoms with E-state index in [4.69, 9.17) is 5.11 Å². The topological polar surface area (TPSA) is 69.6 Å². The predicted octanol–water partition coefficient (Wildman–Crippen LogP) is 2.29. The molecule has 0 aromatic heterocycles. The molecule has 0 heterocycles. The molecule has 0 aliphatic rings. The molecule has 1 aromatic rings. The largest absolute Gasteiger partial charge is 0.481 e. The number of aliphatic carboxylic acids is 1. The molecule has 0 fully saturated rings. The van der Waals surface area contributed by atoms with Crippen molar-refractivity contribution in [2.75, 3.05) is 6.54 Å². The number of aliphatic hydroxyl groups is 1. The van der Waals surface area contributed by atoms with E-state index in [0.717, 1.165) is 18.4 Å². The van der Waals surface area contributed by atoms with Gasteiger partial charge in [0.05, 0.1) is 12.5 Å². The lowest BCUT2D eigenvalue weighted by molar-refractivity contribution is -0.138.